The Labute approximate surface area is 159 Å². The lowest BCUT2D eigenvalue weighted by Crippen LogP contribution is -2.38. The average molecular weight is 373 g/mol. The van der Waals surface area contributed by atoms with Crippen LogP contribution in [0.3, 0.4) is 0 Å². The van der Waals surface area contributed by atoms with Crippen molar-refractivity contribution in [3.63, 3.8) is 0 Å². The predicted octanol–water partition coefficient (Wildman–Crippen LogP) is 4.15. The van der Waals surface area contributed by atoms with Gasteiger partial charge in [0, 0.05) is 31.2 Å². The van der Waals surface area contributed by atoms with Gasteiger partial charge in [0.25, 0.3) is 5.91 Å². The molecule has 5 nitrogen and oxygen atoms in total. The van der Waals surface area contributed by atoms with Crippen LogP contribution in [0.5, 0.6) is 0 Å². The highest BCUT2D eigenvalue weighted by Crippen LogP contribution is 2.25. The first kappa shape index (κ1) is 18.6. The number of aryl methyl sites for hydroxylation is 2. The minimum absolute atomic E-state index is 0.0788. The highest BCUT2D eigenvalue weighted by molar-refractivity contribution is 6.30. The van der Waals surface area contributed by atoms with E-state index in [4.69, 9.17) is 11.6 Å². The number of nitrogens with zero attached hydrogens (tertiary/aromatic N) is 2. The second kappa shape index (κ2) is 8.49. The molecule has 1 amide bonds. The Kier molecular flexibility index (Phi) is 6.09. The van der Waals surface area contributed by atoms with E-state index in [1.165, 1.54) is 0 Å². The van der Waals surface area contributed by atoms with E-state index in [0.717, 1.165) is 43.5 Å². The van der Waals surface area contributed by atoms with Crippen LogP contribution in [-0.2, 0) is 0 Å². The summed E-state index contributed by atoms with van der Waals surface area (Å²) in [6, 6.07) is 4.02. The topological polar surface area (TPSA) is 66.9 Å². The molecular weight excluding hydrogens is 348 g/mol. The number of amides is 1. The molecule has 3 rings (SSSR count). The van der Waals surface area contributed by atoms with Gasteiger partial charge in [0.1, 0.15) is 0 Å². The lowest BCUT2D eigenvalue weighted by molar-refractivity contribution is 0.0921. The zero-order valence-electron chi connectivity index (χ0n) is 15.3. The summed E-state index contributed by atoms with van der Waals surface area (Å²) in [5.74, 6) is 0.545. The van der Waals surface area contributed by atoms with Gasteiger partial charge < -0.3 is 10.6 Å². The van der Waals surface area contributed by atoms with E-state index in [-0.39, 0.29) is 11.9 Å². The van der Waals surface area contributed by atoms with Crippen LogP contribution >= 0.6 is 11.6 Å². The van der Waals surface area contributed by atoms with E-state index in [9.17, 15) is 4.79 Å². The smallest absolute Gasteiger partial charge is 0.253 e. The quantitative estimate of drug-likeness (QED) is 0.827. The number of anilines is 1. The number of aromatic nitrogens is 2. The van der Waals surface area contributed by atoms with Gasteiger partial charge in [-0.3, -0.25) is 14.8 Å². The van der Waals surface area contributed by atoms with E-state index in [0.29, 0.717) is 22.2 Å². The van der Waals surface area contributed by atoms with Crippen molar-refractivity contribution in [2.75, 3.05) is 11.9 Å². The average Bonchev–Trinajstić information content (AvgIpc) is 2.63. The number of rotatable bonds is 5. The van der Waals surface area contributed by atoms with Gasteiger partial charge in [-0.15, -0.1) is 0 Å². The fourth-order valence-electron chi connectivity index (χ4n) is 3.43. The SMILES string of the molecule is Cc1cncc(NC[C@H]2CC[C@H](NC(=O)c3cc(Cl)cnc3C)CC2)c1. The Morgan fingerprint density at radius 2 is 1.92 bits per heavy atom. The van der Waals surface area contributed by atoms with Crippen LogP contribution in [0.2, 0.25) is 5.02 Å². The minimum Gasteiger partial charge on any atom is -0.384 e. The summed E-state index contributed by atoms with van der Waals surface area (Å²) in [6.07, 6.45) is 9.48. The lowest BCUT2D eigenvalue weighted by atomic mass is 9.86. The maximum atomic E-state index is 12.5. The maximum absolute atomic E-state index is 12.5. The fourth-order valence-corrected chi connectivity index (χ4v) is 3.58. The largest absolute Gasteiger partial charge is 0.384 e. The highest BCUT2D eigenvalue weighted by Gasteiger charge is 2.23. The van der Waals surface area contributed by atoms with Crippen molar-refractivity contribution in [3.8, 4) is 0 Å². The molecule has 1 aliphatic rings. The molecule has 2 N–H and O–H groups in total. The molecule has 0 bridgehead atoms. The van der Waals surface area contributed by atoms with Crippen molar-refractivity contribution >= 4 is 23.2 Å². The molecule has 0 spiro atoms. The van der Waals surface area contributed by atoms with E-state index in [1.807, 2.05) is 26.2 Å². The van der Waals surface area contributed by atoms with Crippen molar-refractivity contribution in [1.82, 2.24) is 15.3 Å². The van der Waals surface area contributed by atoms with Crippen molar-refractivity contribution < 1.29 is 4.79 Å². The molecule has 2 aromatic heterocycles. The monoisotopic (exact) mass is 372 g/mol. The Hall–Kier alpha value is -2.14. The summed E-state index contributed by atoms with van der Waals surface area (Å²) >= 11 is 5.96. The molecule has 0 unspecified atom stereocenters. The Morgan fingerprint density at radius 1 is 1.15 bits per heavy atom. The van der Waals surface area contributed by atoms with Crippen LogP contribution < -0.4 is 10.6 Å². The van der Waals surface area contributed by atoms with Crippen LogP contribution in [0.1, 0.15) is 47.3 Å². The Balaban J connectivity index is 1.46. The number of pyridine rings is 2. The summed E-state index contributed by atoms with van der Waals surface area (Å²) < 4.78 is 0. The van der Waals surface area contributed by atoms with Crippen molar-refractivity contribution in [1.29, 1.82) is 0 Å². The number of nitrogens with one attached hydrogen (secondary N) is 2. The van der Waals surface area contributed by atoms with Crippen molar-refractivity contribution in [3.05, 3.63) is 52.6 Å². The maximum Gasteiger partial charge on any atom is 0.253 e. The first-order valence-corrected chi connectivity index (χ1v) is 9.47. The Bertz CT molecular complexity index is 772. The van der Waals surface area contributed by atoms with E-state index < -0.39 is 0 Å². The number of halogens is 1. The summed E-state index contributed by atoms with van der Waals surface area (Å²) in [4.78, 5) is 20.8. The standard InChI is InChI=1S/C20H25ClN4O/c1-13-7-18(12-22-9-13)24-10-15-3-5-17(6-4-15)25-20(26)19-8-16(21)11-23-14(19)2/h7-9,11-12,15,17,24H,3-6,10H2,1-2H3,(H,25,26)/t15-,17-. The van der Waals surface area contributed by atoms with Crippen LogP contribution in [0.15, 0.2) is 30.7 Å². The summed E-state index contributed by atoms with van der Waals surface area (Å²) in [6.45, 7) is 4.82. The molecule has 1 aliphatic carbocycles. The van der Waals surface area contributed by atoms with Crippen molar-refractivity contribution in [2.24, 2.45) is 5.92 Å². The highest BCUT2D eigenvalue weighted by atomic mass is 35.5. The van der Waals surface area contributed by atoms with Gasteiger partial charge in [-0.25, -0.2) is 0 Å². The van der Waals surface area contributed by atoms with Crippen LogP contribution in [-0.4, -0.2) is 28.5 Å². The number of carbonyl (C=O) groups excluding carboxylic acids is 1. The lowest BCUT2D eigenvalue weighted by Gasteiger charge is -2.29. The molecule has 2 aromatic rings. The van der Waals surface area contributed by atoms with Crippen molar-refractivity contribution in [2.45, 2.75) is 45.6 Å². The first-order chi connectivity index (χ1) is 12.5. The normalized spacial score (nSPS) is 19.8. The van der Waals surface area contributed by atoms with Gasteiger partial charge in [0.05, 0.1) is 22.0 Å². The summed E-state index contributed by atoms with van der Waals surface area (Å²) in [7, 11) is 0. The van der Waals surface area contributed by atoms with E-state index in [2.05, 4.69) is 26.7 Å². The molecule has 0 aromatic carbocycles. The van der Waals surface area contributed by atoms with Gasteiger partial charge >= 0.3 is 0 Å². The molecule has 0 atom stereocenters. The van der Waals surface area contributed by atoms with Crippen LogP contribution in [0.4, 0.5) is 5.69 Å². The summed E-state index contributed by atoms with van der Waals surface area (Å²) in [5.41, 5.74) is 3.50. The second-order valence-electron chi connectivity index (χ2n) is 7.11. The number of hydrogen-bond acceptors (Lipinski definition) is 4. The molecule has 1 saturated carbocycles. The molecule has 26 heavy (non-hydrogen) atoms. The third-order valence-corrected chi connectivity index (χ3v) is 5.16. The van der Waals surface area contributed by atoms with Gasteiger partial charge in [-0.05, 0) is 63.1 Å². The summed E-state index contributed by atoms with van der Waals surface area (Å²) in [5, 5.41) is 7.10. The van der Waals surface area contributed by atoms with Gasteiger partial charge in [0.2, 0.25) is 0 Å². The number of carbonyl (C=O) groups is 1. The molecule has 2 heterocycles. The van der Waals surface area contributed by atoms with Gasteiger partial charge in [-0.1, -0.05) is 11.6 Å². The molecular formula is C20H25ClN4O. The molecule has 0 saturated heterocycles. The third-order valence-electron chi connectivity index (χ3n) is 4.95. The zero-order chi connectivity index (χ0) is 18.5. The fraction of sp³-hybridized carbons (Fsp3) is 0.450. The second-order valence-corrected chi connectivity index (χ2v) is 7.55. The molecule has 0 radical (unpaired) electrons. The molecule has 0 aliphatic heterocycles. The van der Waals surface area contributed by atoms with E-state index >= 15 is 0 Å². The third kappa shape index (κ3) is 4.94. The van der Waals surface area contributed by atoms with Crippen LogP contribution in [0.25, 0.3) is 0 Å². The molecule has 138 valence electrons. The zero-order valence-corrected chi connectivity index (χ0v) is 16.0. The van der Waals surface area contributed by atoms with Gasteiger partial charge in [-0.2, -0.15) is 0 Å². The minimum atomic E-state index is -0.0788. The Morgan fingerprint density at radius 3 is 2.65 bits per heavy atom. The van der Waals surface area contributed by atoms with E-state index in [1.54, 1.807) is 12.3 Å². The molecule has 6 heteroatoms. The van der Waals surface area contributed by atoms with Crippen LogP contribution in [0, 0.1) is 19.8 Å². The first-order valence-electron chi connectivity index (χ1n) is 9.10. The number of hydrogen-bond donors (Lipinski definition) is 2. The van der Waals surface area contributed by atoms with Gasteiger partial charge in [0.15, 0.2) is 0 Å². The molecule has 1 fully saturated rings. The predicted molar refractivity (Wildman–Crippen MR) is 105 cm³/mol.